The van der Waals surface area contributed by atoms with Crippen molar-refractivity contribution in [3.8, 4) is 6.07 Å². The molecule has 0 fully saturated rings. The summed E-state index contributed by atoms with van der Waals surface area (Å²) >= 11 is 5.92. The Bertz CT molecular complexity index is 605. The maximum atomic E-state index is 11.9. The van der Waals surface area contributed by atoms with Gasteiger partial charge in [-0.1, -0.05) is 17.7 Å². The van der Waals surface area contributed by atoms with Gasteiger partial charge >= 0.3 is 5.97 Å². The summed E-state index contributed by atoms with van der Waals surface area (Å²) in [7, 11) is 0. The lowest BCUT2D eigenvalue weighted by molar-refractivity contribution is -0.135. The zero-order valence-electron chi connectivity index (χ0n) is 10.6. The third-order valence-corrected chi connectivity index (χ3v) is 2.79. The van der Waals surface area contributed by atoms with Crippen molar-refractivity contribution in [3.05, 3.63) is 40.6 Å². The van der Waals surface area contributed by atoms with E-state index in [0.29, 0.717) is 16.3 Å². The van der Waals surface area contributed by atoms with Crippen molar-refractivity contribution in [1.82, 2.24) is 5.32 Å². The van der Waals surface area contributed by atoms with Crippen LogP contribution in [0.1, 0.15) is 5.56 Å². The number of carbonyl (C=O) groups excluding carboxylic acids is 1. The van der Waals surface area contributed by atoms with Crippen molar-refractivity contribution in [3.63, 3.8) is 0 Å². The molecule has 3 N–H and O–H groups in total. The fourth-order valence-electron chi connectivity index (χ4n) is 1.32. The van der Waals surface area contributed by atoms with Crippen LogP contribution in [0.25, 0.3) is 0 Å². The second kappa shape index (κ2) is 7.16. The number of aliphatic carboxylic acids is 1. The fraction of sp³-hybridized carbons (Fsp3) is 0.154. The maximum Gasteiger partial charge on any atom is 0.322 e. The molecule has 0 aromatic heterocycles. The average molecular weight is 294 g/mol. The van der Waals surface area contributed by atoms with Gasteiger partial charge in [0.2, 0.25) is 0 Å². The molecule has 1 amide bonds. The number of anilines is 1. The van der Waals surface area contributed by atoms with E-state index in [9.17, 15) is 9.59 Å². The van der Waals surface area contributed by atoms with Gasteiger partial charge in [-0.2, -0.15) is 5.26 Å². The smallest absolute Gasteiger partial charge is 0.322 e. The molecule has 0 bridgehead atoms. The summed E-state index contributed by atoms with van der Waals surface area (Å²) in [6.07, 6.45) is 1.06. The van der Waals surface area contributed by atoms with Crippen LogP contribution in [-0.4, -0.2) is 23.5 Å². The van der Waals surface area contributed by atoms with Gasteiger partial charge in [0.15, 0.2) is 0 Å². The molecule has 104 valence electrons. The number of benzene rings is 1. The topological polar surface area (TPSA) is 102 Å². The highest BCUT2D eigenvalue weighted by atomic mass is 35.5. The molecule has 0 aliphatic heterocycles. The highest BCUT2D eigenvalue weighted by Crippen LogP contribution is 2.23. The SMILES string of the molecule is Cc1c(Cl)cccc1NC(=O)/C(C#N)=C\NCC(=O)O. The zero-order valence-corrected chi connectivity index (χ0v) is 11.4. The molecule has 1 aromatic rings. The second-order valence-electron chi connectivity index (χ2n) is 3.81. The molecule has 20 heavy (non-hydrogen) atoms. The lowest BCUT2D eigenvalue weighted by Crippen LogP contribution is -2.21. The van der Waals surface area contributed by atoms with Gasteiger partial charge in [-0.3, -0.25) is 9.59 Å². The van der Waals surface area contributed by atoms with Gasteiger partial charge in [0, 0.05) is 16.9 Å². The number of carbonyl (C=O) groups is 2. The third-order valence-electron chi connectivity index (χ3n) is 2.38. The largest absolute Gasteiger partial charge is 0.480 e. The first-order valence-corrected chi connectivity index (χ1v) is 5.95. The van der Waals surface area contributed by atoms with Gasteiger partial charge in [0.05, 0.1) is 0 Å². The first-order valence-electron chi connectivity index (χ1n) is 5.57. The number of hydrogen-bond donors (Lipinski definition) is 3. The van der Waals surface area contributed by atoms with Crippen LogP contribution in [0.4, 0.5) is 5.69 Å². The van der Waals surface area contributed by atoms with Crippen LogP contribution in [0, 0.1) is 18.3 Å². The van der Waals surface area contributed by atoms with Gasteiger partial charge in [-0.05, 0) is 24.6 Å². The summed E-state index contributed by atoms with van der Waals surface area (Å²) in [4.78, 5) is 22.2. The molecule has 0 saturated carbocycles. The summed E-state index contributed by atoms with van der Waals surface area (Å²) < 4.78 is 0. The quantitative estimate of drug-likeness (QED) is 0.566. The molecule has 0 unspecified atom stereocenters. The number of nitriles is 1. The lowest BCUT2D eigenvalue weighted by Gasteiger charge is -2.08. The molecule has 0 atom stereocenters. The Hall–Kier alpha value is -2.52. The lowest BCUT2D eigenvalue weighted by atomic mass is 10.2. The van der Waals surface area contributed by atoms with Crippen LogP contribution < -0.4 is 10.6 Å². The normalized spacial score (nSPS) is 10.6. The monoisotopic (exact) mass is 293 g/mol. The van der Waals surface area contributed by atoms with Crippen molar-refractivity contribution < 1.29 is 14.7 Å². The Balaban J connectivity index is 2.81. The highest BCUT2D eigenvalue weighted by molar-refractivity contribution is 6.31. The fourth-order valence-corrected chi connectivity index (χ4v) is 1.50. The second-order valence-corrected chi connectivity index (χ2v) is 4.22. The van der Waals surface area contributed by atoms with E-state index in [-0.39, 0.29) is 12.1 Å². The minimum absolute atomic E-state index is 0.231. The number of rotatable bonds is 5. The molecule has 0 saturated heterocycles. The maximum absolute atomic E-state index is 11.9. The molecular weight excluding hydrogens is 282 g/mol. The van der Waals surface area contributed by atoms with E-state index < -0.39 is 11.9 Å². The number of carboxylic acid groups (broad SMARTS) is 1. The number of nitrogens with one attached hydrogen (secondary N) is 2. The standard InChI is InChI=1S/C13H12ClN3O3/c1-8-10(14)3-2-4-11(8)17-13(20)9(5-15)6-16-7-12(18)19/h2-4,6,16H,7H2,1H3,(H,17,20)(H,18,19)/b9-6-. The minimum Gasteiger partial charge on any atom is -0.480 e. The Kier molecular flexibility index (Phi) is 5.56. The van der Waals surface area contributed by atoms with E-state index in [2.05, 4.69) is 10.6 Å². The molecule has 6 nitrogen and oxygen atoms in total. The predicted molar refractivity (Wildman–Crippen MR) is 74.2 cm³/mol. The van der Waals surface area contributed by atoms with E-state index >= 15 is 0 Å². The summed E-state index contributed by atoms with van der Waals surface area (Å²) in [5, 5.41) is 22.7. The van der Waals surface area contributed by atoms with Crippen LogP contribution in [0.2, 0.25) is 5.02 Å². The Morgan fingerprint density at radius 3 is 2.80 bits per heavy atom. The molecule has 0 aliphatic rings. The van der Waals surface area contributed by atoms with Gasteiger partial charge in [-0.25, -0.2) is 0 Å². The molecule has 1 aromatic carbocycles. The molecular formula is C13H12ClN3O3. The first kappa shape index (κ1) is 15.5. The molecule has 0 heterocycles. The zero-order chi connectivity index (χ0) is 15.1. The van der Waals surface area contributed by atoms with Crippen molar-refractivity contribution in [2.75, 3.05) is 11.9 Å². The summed E-state index contributed by atoms with van der Waals surface area (Å²) in [5.41, 5.74) is 0.936. The number of carboxylic acids is 1. The van der Waals surface area contributed by atoms with E-state index in [0.717, 1.165) is 6.20 Å². The third kappa shape index (κ3) is 4.30. The van der Waals surface area contributed by atoms with Crippen LogP contribution in [-0.2, 0) is 9.59 Å². The van der Waals surface area contributed by atoms with E-state index in [1.165, 1.54) is 0 Å². The van der Waals surface area contributed by atoms with E-state index in [4.69, 9.17) is 22.0 Å². The molecule has 0 spiro atoms. The number of amides is 1. The molecule has 0 aliphatic carbocycles. The highest BCUT2D eigenvalue weighted by Gasteiger charge is 2.11. The van der Waals surface area contributed by atoms with Crippen LogP contribution in [0.3, 0.4) is 0 Å². The van der Waals surface area contributed by atoms with Gasteiger partial charge < -0.3 is 15.7 Å². The van der Waals surface area contributed by atoms with Gasteiger partial charge in [-0.15, -0.1) is 0 Å². The summed E-state index contributed by atoms with van der Waals surface area (Å²) in [6.45, 7) is 1.35. The Morgan fingerprint density at radius 1 is 1.50 bits per heavy atom. The minimum atomic E-state index is -1.09. The van der Waals surface area contributed by atoms with Gasteiger partial charge in [0.1, 0.15) is 18.2 Å². The molecule has 0 radical (unpaired) electrons. The average Bonchev–Trinajstić information content (AvgIpc) is 2.39. The number of hydrogen-bond acceptors (Lipinski definition) is 4. The molecule has 7 heteroatoms. The van der Waals surface area contributed by atoms with E-state index in [1.54, 1.807) is 31.2 Å². The van der Waals surface area contributed by atoms with Crippen LogP contribution >= 0.6 is 11.6 Å². The van der Waals surface area contributed by atoms with Crippen molar-refractivity contribution in [2.45, 2.75) is 6.92 Å². The first-order chi connectivity index (χ1) is 9.45. The van der Waals surface area contributed by atoms with Crippen LogP contribution in [0.5, 0.6) is 0 Å². The van der Waals surface area contributed by atoms with Crippen LogP contribution in [0.15, 0.2) is 30.0 Å². The van der Waals surface area contributed by atoms with Gasteiger partial charge in [0.25, 0.3) is 5.91 Å². The summed E-state index contributed by atoms with van der Waals surface area (Å²) in [5.74, 6) is -1.74. The van der Waals surface area contributed by atoms with Crippen molar-refractivity contribution in [1.29, 1.82) is 5.26 Å². The van der Waals surface area contributed by atoms with Crippen molar-refractivity contribution in [2.24, 2.45) is 0 Å². The predicted octanol–water partition coefficient (Wildman–Crippen LogP) is 1.67. The van der Waals surface area contributed by atoms with E-state index in [1.807, 2.05) is 0 Å². The van der Waals surface area contributed by atoms with Crippen molar-refractivity contribution >= 4 is 29.2 Å². The Morgan fingerprint density at radius 2 is 2.20 bits per heavy atom. The summed E-state index contributed by atoms with van der Waals surface area (Å²) in [6, 6.07) is 6.69. The Labute approximate surface area is 120 Å². The molecule has 1 rings (SSSR count). The number of nitrogens with zero attached hydrogens (tertiary/aromatic N) is 1. The number of halogens is 1.